The molecule has 2 N–H and O–H groups in total. The lowest BCUT2D eigenvalue weighted by atomic mass is 9.82. The van der Waals surface area contributed by atoms with Gasteiger partial charge in [-0.3, -0.25) is 9.59 Å². The van der Waals surface area contributed by atoms with Gasteiger partial charge < -0.3 is 20.1 Å². The van der Waals surface area contributed by atoms with Crippen LogP contribution in [0.15, 0.2) is 48.5 Å². The van der Waals surface area contributed by atoms with Gasteiger partial charge in [-0.05, 0) is 55.2 Å². The second-order valence-electron chi connectivity index (χ2n) is 7.77. The molecule has 4 rings (SSSR count). The van der Waals surface area contributed by atoms with Crippen molar-refractivity contribution in [1.29, 1.82) is 0 Å². The lowest BCUT2D eigenvalue weighted by Gasteiger charge is -2.29. The van der Waals surface area contributed by atoms with Crippen molar-refractivity contribution in [3.8, 4) is 11.5 Å². The van der Waals surface area contributed by atoms with Crippen LogP contribution in [0.4, 0.5) is 4.79 Å². The highest BCUT2D eigenvalue weighted by Gasteiger charge is 2.56. The van der Waals surface area contributed by atoms with Crippen molar-refractivity contribution in [1.82, 2.24) is 15.5 Å². The third kappa shape index (κ3) is 3.58. The number of methoxy groups -OCH3 is 2. The van der Waals surface area contributed by atoms with Crippen molar-refractivity contribution in [2.75, 3.05) is 14.2 Å². The first-order chi connectivity index (χ1) is 14.9. The van der Waals surface area contributed by atoms with E-state index in [2.05, 4.69) is 10.6 Å². The summed E-state index contributed by atoms with van der Waals surface area (Å²) < 4.78 is 10.5. The minimum atomic E-state index is -1.47. The van der Waals surface area contributed by atoms with E-state index in [1.807, 2.05) is 0 Å². The number of imide groups is 1. The maximum atomic E-state index is 13.8. The zero-order valence-corrected chi connectivity index (χ0v) is 17.7. The van der Waals surface area contributed by atoms with Crippen LogP contribution in [0.25, 0.3) is 0 Å². The molecular weight excluding hydrogens is 398 g/mol. The average Bonchev–Trinajstić information content (AvgIpc) is 3.57. The van der Waals surface area contributed by atoms with Gasteiger partial charge in [0.2, 0.25) is 5.91 Å². The van der Waals surface area contributed by atoms with Crippen molar-refractivity contribution in [2.24, 2.45) is 0 Å². The van der Waals surface area contributed by atoms with Crippen molar-refractivity contribution < 1.29 is 23.9 Å². The van der Waals surface area contributed by atoms with Gasteiger partial charge in [0.25, 0.3) is 5.91 Å². The molecule has 4 amide bonds. The molecule has 1 aliphatic carbocycles. The van der Waals surface area contributed by atoms with Gasteiger partial charge in [0.1, 0.15) is 17.5 Å². The van der Waals surface area contributed by atoms with Crippen molar-refractivity contribution in [3.05, 3.63) is 59.7 Å². The molecule has 1 heterocycles. The standard InChI is InChI=1S/C23H25N3O5/c1-14(20(27)24-17-8-9-17)26-21(28)23(25-22(26)29,15-4-10-18(30-2)11-5-15)16-6-12-19(31-3)13-7-16/h4-7,10-14,17H,8-9H2,1-3H3,(H,24,27)(H,25,29)/t14-/m0/s1. The fraction of sp³-hybridized carbons (Fsp3) is 0.348. The fourth-order valence-electron chi connectivity index (χ4n) is 3.81. The lowest BCUT2D eigenvalue weighted by Crippen LogP contribution is -2.50. The van der Waals surface area contributed by atoms with Gasteiger partial charge in [-0.1, -0.05) is 24.3 Å². The number of rotatable bonds is 7. The second kappa shape index (κ2) is 7.94. The van der Waals surface area contributed by atoms with E-state index in [1.54, 1.807) is 69.7 Å². The van der Waals surface area contributed by atoms with Crippen LogP contribution in [0.1, 0.15) is 30.9 Å². The van der Waals surface area contributed by atoms with Crippen LogP contribution in [0, 0.1) is 0 Å². The molecule has 1 saturated heterocycles. The molecule has 8 heteroatoms. The van der Waals surface area contributed by atoms with E-state index in [0.717, 1.165) is 17.7 Å². The van der Waals surface area contributed by atoms with Gasteiger partial charge in [-0.15, -0.1) is 0 Å². The van der Waals surface area contributed by atoms with E-state index in [-0.39, 0.29) is 11.9 Å². The summed E-state index contributed by atoms with van der Waals surface area (Å²) in [5.41, 5.74) is -0.341. The van der Waals surface area contributed by atoms with Gasteiger partial charge in [-0.2, -0.15) is 0 Å². The van der Waals surface area contributed by atoms with E-state index in [9.17, 15) is 14.4 Å². The van der Waals surface area contributed by atoms with Gasteiger partial charge in [0.05, 0.1) is 14.2 Å². The Morgan fingerprint density at radius 3 is 1.90 bits per heavy atom. The van der Waals surface area contributed by atoms with Gasteiger partial charge in [0.15, 0.2) is 5.54 Å². The number of nitrogens with zero attached hydrogens (tertiary/aromatic N) is 1. The molecule has 31 heavy (non-hydrogen) atoms. The predicted octanol–water partition coefficient (Wildman–Crippen LogP) is 2.17. The second-order valence-corrected chi connectivity index (χ2v) is 7.77. The number of benzene rings is 2. The van der Waals surface area contributed by atoms with Crippen LogP contribution in [0.5, 0.6) is 11.5 Å². The Morgan fingerprint density at radius 1 is 1.00 bits per heavy atom. The zero-order chi connectivity index (χ0) is 22.2. The summed E-state index contributed by atoms with van der Waals surface area (Å²) in [5.74, 6) is 0.399. The minimum Gasteiger partial charge on any atom is -0.497 e. The summed E-state index contributed by atoms with van der Waals surface area (Å²) in [7, 11) is 3.11. The van der Waals surface area contributed by atoms with Crippen LogP contribution in [-0.4, -0.2) is 49.0 Å². The van der Waals surface area contributed by atoms with Crippen molar-refractivity contribution in [3.63, 3.8) is 0 Å². The van der Waals surface area contributed by atoms with E-state index in [0.29, 0.717) is 22.6 Å². The summed E-state index contributed by atoms with van der Waals surface area (Å²) in [4.78, 5) is 40.4. The Morgan fingerprint density at radius 2 is 1.48 bits per heavy atom. The Bertz CT molecular complexity index is 951. The van der Waals surface area contributed by atoms with E-state index in [1.165, 1.54) is 0 Å². The molecule has 162 valence electrons. The summed E-state index contributed by atoms with van der Waals surface area (Å²) in [6.07, 6.45) is 1.83. The third-order valence-electron chi connectivity index (χ3n) is 5.79. The Balaban J connectivity index is 1.77. The Kier molecular flexibility index (Phi) is 5.31. The molecule has 0 aromatic heterocycles. The first-order valence-electron chi connectivity index (χ1n) is 10.2. The summed E-state index contributed by atoms with van der Waals surface area (Å²) in [5, 5.41) is 5.72. The third-order valence-corrected chi connectivity index (χ3v) is 5.79. The molecule has 0 bridgehead atoms. The van der Waals surface area contributed by atoms with Gasteiger partial charge in [-0.25, -0.2) is 9.69 Å². The van der Waals surface area contributed by atoms with Crippen LogP contribution in [0.3, 0.4) is 0 Å². The fourth-order valence-corrected chi connectivity index (χ4v) is 3.81. The quantitative estimate of drug-likeness (QED) is 0.666. The van der Waals surface area contributed by atoms with E-state index < -0.39 is 23.5 Å². The molecule has 0 radical (unpaired) electrons. The van der Waals surface area contributed by atoms with Crippen LogP contribution < -0.4 is 20.1 Å². The first kappa shape index (κ1) is 20.7. The van der Waals surface area contributed by atoms with Crippen LogP contribution in [-0.2, 0) is 15.1 Å². The molecule has 8 nitrogen and oxygen atoms in total. The number of ether oxygens (including phenoxy) is 2. The largest absolute Gasteiger partial charge is 0.497 e. The molecule has 2 aromatic carbocycles. The summed E-state index contributed by atoms with van der Waals surface area (Å²) in [6.45, 7) is 1.56. The van der Waals surface area contributed by atoms with Crippen molar-refractivity contribution in [2.45, 2.75) is 37.4 Å². The molecule has 0 spiro atoms. The SMILES string of the molecule is COc1ccc(C2(c3ccc(OC)cc3)NC(=O)N([C@@H](C)C(=O)NC3CC3)C2=O)cc1. The molecular formula is C23H25N3O5. The highest BCUT2D eigenvalue weighted by Crippen LogP contribution is 2.38. The highest BCUT2D eigenvalue weighted by atomic mass is 16.5. The molecule has 2 fully saturated rings. The number of hydrogen-bond acceptors (Lipinski definition) is 5. The molecule has 0 unspecified atom stereocenters. The number of carbonyl (C=O) groups is 3. The molecule has 1 saturated carbocycles. The number of nitrogens with one attached hydrogen (secondary N) is 2. The maximum Gasteiger partial charge on any atom is 0.326 e. The number of amides is 4. The first-order valence-corrected chi connectivity index (χ1v) is 10.2. The maximum absolute atomic E-state index is 13.8. The van der Waals surface area contributed by atoms with E-state index in [4.69, 9.17) is 9.47 Å². The topological polar surface area (TPSA) is 97.0 Å². The Labute approximate surface area is 180 Å². The minimum absolute atomic E-state index is 0.128. The summed E-state index contributed by atoms with van der Waals surface area (Å²) >= 11 is 0. The number of urea groups is 1. The average molecular weight is 423 g/mol. The summed E-state index contributed by atoms with van der Waals surface area (Å²) in [6, 6.07) is 12.4. The highest BCUT2D eigenvalue weighted by molar-refractivity contribution is 6.12. The number of carbonyl (C=O) groups excluding carboxylic acids is 3. The van der Waals surface area contributed by atoms with E-state index >= 15 is 0 Å². The van der Waals surface area contributed by atoms with Gasteiger partial charge >= 0.3 is 6.03 Å². The predicted molar refractivity (Wildman–Crippen MR) is 113 cm³/mol. The molecule has 1 atom stereocenters. The van der Waals surface area contributed by atoms with Crippen LogP contribution >= 0.6 is 0 Å². The molecule has 1 aliphatic heterocycles. The van der Waals surface area contributed by atoms with Crippen LogP contribution in [0.2, 0.25) is 0 Å². The normalized spacial score (nSPS) is 18.4. The zero-order valence-electron chi connectivity index (χ0n) is 17.7. The molecule has 2 aromatic rings. The van der Waals surface area contributed by atoms with Crippen molar-refractivity contribution >= 4 is 17.8 Å². The monoisotopic (exact) mass is 423 g/mol. The number of hydrogen-bond donors (Lipinski definition) is 2. The molecule has 2 aliphatic rings. The van der Waals surface area contributed by atoms with Gasteiger partial charge in [0, 0.05) is 6.04 Å². The smallest absolute Gasteiger partial charge is 0.326 e. The Hall–Kier alpha value is -3.55. The lowest BCUT2D eigenvalue weighted by molar-refractivity contribution is -0.137.